The number of halogens is 2. The average Bonchev–Trinajstić information content (AvgIpc) is 2.62. The fourth-order valence-corrected chi connectivity index (χ4v) is 4.96. The number of rotatable bonds is 4. The van der Waals surface area contributed by atoms with Gasteiger partial charge < -0.3 is 10.2 Å². The smallest absolute Gasteiger partial charge is 0.234 e. The molecule has 7 heteroatoms. The Morgan fingerprint density at radius 3 is 2.89 bits per heavy atom. The molecule has 4 rings (SSSR count). The minimum Gasteiger partial charge on any atom is -0.351 e. The van der Waals surface area contributed by atoms with Gasteiger partial charge in [-0.2, -0.15) is 0 Å². The molecule has 0 radical (unpaired) electrons. The first-order valence-corrected chi connectivity index (χ1v) is 9.72. The molecule has 1 N–H and O–H groups in total. The van der Waals surface area contributed by atoms with Crippen LogP contribution < -0.4 is 5.32 Å². The van der Waals surface area contributed by atoms with Gasteiger partial charge in [-0.05, 0) is 37.2 Å². The van der Waals surface area contributed by atoms with Gasteiger partial charge in [0.2, 0.25) is 11.8 Å². The first-order chi connectivity index (χ1) is 13.0. The number of likely N-dealkylation sites (tertiary alicyclic amines) is 1. The maximum absolute atomic E-state index is 13.7. The lowest BCUT2D eigenvalue weighted by Gasteiger charge is -2.52. The number of carbonyl (C=O) groups excluding carboxylic acids is 2. The molecule has 3 aliphatic heterocycles. The highest BCUT2D eigenvalue weighted by molar-refractivity contribution is 5.78. The summed E-state index contributed by atoms with van der Waals surface area (Å²) in [6.45, 7) is 2.76. The van der Waals surface area contributed by atoms with Gasteiger partial charge in [0, 0.05) is 50.3 Å². The molecule has 3 aliphatic rings. The van der Waals surface area contributed by atoms with Crippen molar-refractivity contribution in [2.45, 2.75) is 38.3 Å². The number of nitrogens with zero attached hydrogens (tertiary/aromatic N) is 2. The van der Waals surface area contributed by atoms with Crippen LogP contribution >= 0.6 is 0 Å². The second-order valence-corrected chi connectivity index (χ2v) is 8.07. The summed E-state index contributed by atoms with van der Waals surface area (Å²) in [5, 5.41) is 2.73. The third-order valence-corrected chi connectivity index (χ3v) is 6.11. The van der Waals surface area contributed by atoms with Gasteiger partial charge in [0.05, 0.1) is 6.54 Å². The van der Waals surface area contributed by atoms with Gasteiger partial charge in [-0.25, -0.2) is 8.78 Å². The third-order valence-electron chi connectivity index (χ3n) is 6.11. The van der Waals surface area contributed by atoms with Crippen LogP contribution in [0.3, 0.4) is 0 Å². The fraction of sp³-hybridized carbons (Fsp3) is 0.600. The SMILES string of the molecule is O=C(CN1C[C@H]2C[C@H](C1)[C@H]1CCCC(=O)N1C2)NCc1ccc(F)cc1F. The van der Waals surface area contributed by atoms with E-state index in [4.69, 9.17) is 0 Å². The van der Waals surface area contributed by atoms with Crippen molar-refractivity contribution in [2.75, 3.05) is 26.2 Å². The minimum atomic E-state index is -0.648. The lowest BCUT2D eigenvalue weighted by atomic mass is 9.76. The summed E-state index contributed by atoms with van der Waals surface area (Å²) < 4.78 is 26.6. The van der Waals surface area contributed by atoms with Gasteiger partial charge in [0.15, 0.2) is 0 Å². The van der Waals surface area contributed by atoms with Crippen molar-refractivity contribution in [3.8, 4) is 0 Å². The summed E-state index contributed by atoms with van der Waals surface area (Å²) in [5.74, 6) is -0.292. The zero-order valence-electron chi connectivity index (χ0n) is 15.3. The van der Waals surface area contributed by atoms with Gasteiger partial charge in [0.25, 0.3) is 0 Å². The summed E-state index contributed by atoms with van der Waals surface area (Å²) in [4.78, 5) is 28.7. The van der Waals surface area contributed by atoms with E-state index in [1.165, 1.54) is 12.1 Å². The van der Waals surface area contributed by atoms with E-state index in [2.05, 4.69) is 15.1 Å². The van der Waals surface area contributed by atoms with Crippen molar-refractivity contribution in [1.82, 2.24) is 15.1 Å². The van der Waals surface area contributed by atoms with Gasteiger partial charge >= 0.3 is 0 Å². The molecule has 1 aromatic rings. The van der Waals surface area contributed by atoms with Crippen LogP contribution in [0.25, 0.3) is 0 Å². The van der Waals surface area contributed by atoms with Crippen molar-refractivity contribution in [1.29, 1.82) is 0 Å². The highest BCUT2D eigenvalue weighted by atomic mass is 19.1. The van der Waals surface area contributed by atoms with E-state index in [9.17, 15) is 18.4 Å². The number of hydrogen-bond acceptors (Lipinski definition) is 3. The van der Waals surface area contributed by atoms with E-state index in [0.29, 0.717) is 24.3 Å². The van der Waals surface area contributed by atoms with E-state index in [1.54, 1.807) is 0 Å². The predicted octanol–water partition coefficient (Wildman–Crippen LogP) is 1.91. The molecule has 0 saturated carbocycles. The Morgan fingerprint density at radius 2 is 2.07 bits per heavy atom. The van der Waals surface area contributed by atoms with Crippen LogP contribution in [0.5, 0.6) is 0 Å². The Bertz CT molecular complexity index is 742. The molecule has 0 spiro atoms. The molecule has 3 heterocycles. The second-order valence-electron chi connectivity index (χ2n) is 8.07. The molecular weight excluding hydrogens is 352 g/mol. The summed E-state index contributed by atoms with van der Waals surface area (Å²) in [7, 11) is 0. The van der Waals surface area contributed by atoms with Gasteiger partial charge in [-0.15, -0.1) is 0 Å². The fourth-order valence-electron chi connectivity index (χ4n) is 4.96. The Hall–Kier alpha value is -2.02. The molecule has 2 bridgehead atoms. The summed E-state index contributed by atoms with van der Waals surface area (Å²) in [6.07, 6.45) is 3.83. The van der Waals surface area contributed by atoms with E-state index in [0.717, 1.165) is 45.0 Å². The average molecular weight is 377 g/mol. The highest BCUT2D eigenvalue weighted by Crippen LogP contribution is 2.37. The lowest BCUT2D eigenvalue weighted by molar-refractivity contribution is -0.145. The molecule has 0 unspecified atom stereocenters. The number of amides is 2. The Morgan fingerprint density at radius 1 is 1.22 bits per heavy atom. The largest absolute Gasteiger partial charge is 0.351 e. The van der Waals surface area contributed by atoms with Crippen LogP contribution in [-0.2, 0) is 16.1 Å². The van der Waals surface area contributed by atoms with Crippen molar-refractivity contribution >= 4 is 11.8 Å². The quantitative estimate of drug-likeness (QED) is 0.872. The summed E-state index contributed by atoms with van der Waals surface area (Å²) >= 11 is 0. The Labute approximate surface area is 157 Å². The van der Waals surface area contributed by atoms with E-state index in [1.807, 2.05) is 0 Å². The van der Waals surface area contributed by atoms with Crippen LogP contribution in [0.2, 0.25) is 0 Å². The standard InChI is InChI=1S/C20H25F2N3O2/c21-16-5-4-14(17(22)7-16)8-23-19(26)12-24-9-13-6-15(11-24)18-2-1-3-20(27)25(18)10-13/h4-5,7,13,15,18H,1-3,6,8-12H2,(H,23,26)/t13-,15-,18-/m1/s1. The zero-order valence-corrected chi connectivity index (χ0v) is 15.3. The first-order valence-electron chi connectivity index (χ1n) is 9.72. The maximum atomic E-state index is 13.7. The van der Waals surface area contributed by atoms with Crippen LogP contribution in [0.1, 0.15) is 31.2 Å². The Kier molecular flexibility index (Phi) is 5.12. The van der Waals surface area contributed by atoms with Crippen LogP contribution in [-0.4, -0.2) is 53.8 Å². The lowest BCUT2D eigenvalue weighted by Crippen LogP contribution is -2.61. The van der Waals surface area contributed by atoms with Crippen LogP contribution in [0.15, 0.2) is 18.2 Å². The van der Waals surface area contributed by atoms with Crippen molar-refractivity contribution in [3.63, 3.8) is 0 Å². The molecule has 1 aromatic carbocycles. The molecule has 0 aliphatic carbocycles. The summed E-state index contributed by atoms with van der Waals surface area (Å²) in [6, 6.07) is 3.69. The molecule has 2 amide bonds. The second kappa shape index (κ2) is 7.54. The van der Waals surface area contributed by atoms with E-state index >= 15 is 0 Å². The molecule has 3 fully saturated rings. The van der Waals surface area contributed by atoms with Crippen molar-refractivity contribution in [2.24, 2.45) is 11.8 Å². The van der Waals surface area contributed by atoms with E-state index in [-0.39, 0.29) is 30.5 Å². The number of hydrogen-bond donors (Lipinski definition) is 1. The van der Waals surface area contributed by atoms with E-state index < -0.39 is 11.6 Å². The zero-order chi connectivity index (χ0) is 19.0. The minimum absolute atomic E-state index is 0.0521. The number of nitrogens with one attached hydrogen (secondary N) is 1. The molecular formula is C20H25F2N3O2. The number of piperidine rings is 3. The van der Waals surface area contributed by atoms with Crippen LogP contribution in [0.4, 0.5) is 8.78 Å². The van der Waals surface area contributed by atoms with Crippen LogP contribution in [0, 0.1) is 23.5 Å². The molecule has 146 valence electrons. The van der Waals surface area contributed by atoms with Gasteiger partial charge in [-0.3, -0.25) is 14.5 Å². The molecule has 27 heavy (non-hydrogen) atoms. The normalized spacial score (nSPS) is 28.0. The number of fused-ring (bicyclic) bond motifs is 4. The predicted molar refractivity (Wildman–Crippen MR) is 95.6 cm³/mol. The first kappa shape index (κ1) is 18.3. The Balaban J connectivity index is 1.31. The van der Waals surface area contributed by atoms with Gasteiger partial charge in [0.1, 0.15) is 11.6 Å². The van der Waals surface area contributed by atoms with Gasteiger partial charge in [-0.1, -0.05) is 6.07 Å². The maximum Gasteiger partial charge on any atom is 0.234 e. The molecule has 5 nitrogen and oxygen atoms in total. The summed E-state index contributed by atoms with van der Waals surface area (Å²) in [5.41, 5.74) is 0.275. The number of benzene rings is 1. The van der Waals surface area contributed by atoms with Crippen molar-refractivity contribution < 1.29 is 18.4 Å². The highest BCUT2D eigenvalue weighted by Gasteiger charge is 2.43. The molecule has 3 atom stereocenters. The molecule has 3 saturated heterocycles. The third kappa shape index (κ3) is 3.98. The molecule has 0 aromatic heterocycles. The number of carbonyl (C=O) groups is 2. The topological polar surface area (TPSA) is 52.7 Å². The monoisotopic (exact) mass is 377 g/mol. The van der Waals surface area contributed by atoms with Crippen molar-refractivity contribution in [3.05, 3.63) is 35.4 Å².